The number of rotatable bonds is 8. The Morgan fingerprint density at radius 3 is 2.23 bits per heavy atom. The highest BCUT2D eigenvalue weighted by Gasteiger charge is 2.31. The second kappa shape index (κ2) is 10.1. The fourth-order valence-corrected chi connectivity index (χ4v) is 4.09. The molecule has 168 valence electrons. The van der Waals surface area contributed by atoms with Crippen molar-refractivity contribution in [2.24, 2.45) is 0 Å². The van der Waals surface area contributed by atoms with Gasteiger partial charge >= 0.3 is 6.18 Å². The third kappa shape index (κ3) is 7.53. The number of halogens is 4. The molecule has 0 unspecified atom stereocenters. The van der Waals surface area contributed by atoms with Crippen LogP contribution in [0.2, 0.25) is 5.02 Å². The molecule has 7 nitrogen and oxygen atoms in total. The average Bonchev–Trinajstić information content (AvgIpc) is 2.67. The maximum atomic E-state index is 13.1. The van der Waals surface area contributed by atoms with Crippen LogP contribution >= 0.6 is 11.6 Å². The van der Waals surface area contributed by atoms with Gasteiger partial charge < -0.3 is 10.6 Å². The zero-order chi connectivity index (χ0) is 23.2. The fourth-order valence-electron chi connectivity index (χ4n) is 2.52. The molecule has 0 aliphatic carbocycles. The van der Waals surface area contributed by atoms with Crippen LogP contribution in [-0.2, 0) is 26.2 Å². The van der Waals surface area contributed by atoms with Gasteiger partial charge in [0, 0.05) is 24.2 Å². The van der Waals surface area contributed by atoms with Gasteiger partial charge in [0.25, 0.3) is 0 Å². The monoisotopic (exact) mass is 477 g/mol. The minimum Gasteiger partial charge on any atom is -0.346 e. The van der Waals surface area contributed by atoms with E-state index in [4.69, 9.17) is 11.6 Å². The van der Waals surface area contributed by atoms with Crippen molar-refractivity contribution in [1.29, 1.82) is 0 Å². The fraction of sp³-hybridized carbons (Fsp3) is 0.263. The van der Waals surface area contributed by atoms with Crippen LogP contribution in [0.15, 0.2) is 53.4 Å². The summed E-state index contributed by atoms with van der Waals surface area (Å²) < 4.78 is 64.1. The summed E-state index contributed by atoms with van der Waals surface area (Å²) in [5.41, 5.74) is 0.721. The smallest absolute Gasteiger partial charge is 0.346 e. The Labute approximate surface area is 182 Å². The maximum Gasteiger partial charge on any atom is 0.405 e. The molecule has 0 heterocycles. The Kier molecular flexibility index (Phi) is 8.04. The molecule has 2 amide bonds. The molecular weight excluding hydrogens is 459 g/mol. The number of hydrogen-bond acceptors (Lipinski definition) is 4. The normalized spacial score (nSPS) is 11.9. The third-order valence-corrected chi connectivity index (χ3v) is 6.10. The molecule has 0 saturated carbocycles. The van der Waals surface area contributed by atoms with Crippen molar-refractivity contribution in [3.8, 4) is 0 Å². The number of nitrogens with zero attached hydrogens (tertiary/aromatic N) is 1. The van der Waals surface area contributed by atoms with E-state index in [0.29, 0.717) is 11.3 Å². The van der Waals surface area contributed by atoms with Crippen molar-refractivity contribution in [2.75, 3.05) is 18.4 Å². The van der Waals surface area contributed by atoms with E-state index < -0.39 is 35.2 Å². The van der Waals surface area contributed by atoms with E-state index in [0.717, 1.165) is 4.31 Å². The van der Waals surface area contributed by atoms with Gasteiger partial charge in [-0.05, 0) is 35.9 Å². The molecule has 2 rings (SSSR count). The van der Waals surface area contributed by atoms with Crippen LogP contribution in [0.5, 0.6) is 0 Å². The summed E-state index contributed by atoms with van der Waals surface area (Å²) in [5.74, 6) is -1.47. The van der Waals surface area contributed by atoms with Crippen molar-refractivity contribution in [3.63, 3.8) is 0 Å². The van der Waals surface area contributed by atoms with E-state index in [1.807, 2.05) is 0 Å². The van der Waals surface area contributed by atoms with Crippen molar-refractivity contribution < 1.29 is 31.2 Å². The average molecular weight is 478 g/mol. The number of nitrogens with one attached hydrogen (secondary N) is 2. The molecule has 2 N–H and O–H groups in total. The SMILES string of the molecule is CC(=O)Nc1ccc(S(=O)(=O)N(CC(=O)NCC(F)(F)F)Cc2ccccc2Cl)cc1. The minimum atomic E-state index is -4.64. The molecule has 0 saturated heterocycles. The third-order valence-electron chi connectivity index (χ3n) is 3.92. The predicted octanol–water partition coefficient (Wildman–Crippen LogP) is 3.17. The summed E-state index contributed by atoms with van der Waals surface area (Å²) in [7, 11) is -4.29. The quantitative estimate of drug-likeness (QED) is 0.610. The lowest BCUT2D eigenvalue weighted by atomic mass is 10.2. The summed E-state index contributed by atoms with van der Waals surface area (Å²) in [6.07, 6.45) is -4.64. The lowest BCUT2D eigenvalue weighted by Gasteiger charge is -2.23. The number of alkyl halides is 3. The minimum absolute atomic E-state index is 0.211. The van der Waals surface area contributed by atoms with Crippen molar-refractivity contribution >= 4 is 39.1 Å². The summed E-state index contributed by atoms with van der Waals surface area (Å²) >= 11 is 6.08. The van der Waals surface area contributed by atoms with Gasteiger partial charge in [-0.3, -0.25) is 9.59 Å². The van der Waals surface area contributed by atoms with Crippen molar-refractivity contribution in [2.45, 2.75) is 24.5 Å². The molecular formula is C19H19ClF3N3O4S. The number of sulfonamides is 1. The Balaban J connectivity index is 2.32. The number of benzene rings is 2. The molecule has 2 aromatic rings. The van der Waals surface area contributed by atoms with E-state index in [1.165, 1.54) is 37.3 Å². The Morgan fingerprint density at radius 1 is 1.06 bits per heavy atom. The number of hydrogen-bond donors (Lipinski definition) is 2. The number of carbonyl (C=O) groups is 2. The van der Waals surface area contributed by atoms with Gasteiger partial charge in [0.15, 0.2) is 0 Å². The number of amides is 2. The maximum absolute atomic E-state index is 13.1. The Hall–Kier alpha value is -2.63. The van der Waals surface area contributed by atoms with Crippen LogP contribution in [0, 0.1) is 0 Å². The van der Waals surface area contributed by atoms with Crippen LogP contribution in [0.25, 0.3) is 0 Å². The molecule has 0 aliphatic rings. The highest BCUT2D eigenvalue weighted by Crippen LogP contribution is 2.23. The van der Waals surface area contributed by atoms with Crippen LogP contribution in [0.3, 0.4) is 0 Å². The van der Waals surface area contributed by atoms with Gasteiger partial charge in [0.1, 0.15) is 6.54 Å². The summed E-state index contributed by atoms with van der Waals surface area (Å²) in [6, 6.07) is 11.4. The summed E-state index contributed by atoms with van der Waals surface area (Å²) in [6.45, 7) is -1.49. The summed E-state index contributed by atoms with van der Waals surface area (Å²) in [5, 5.41) is 4.38. The van der Waals surface area contributed by atoms with Crippen molar-refractivity contribution in [1.82, 2.24) is 9.62 Å². The molecule has 12 heteroatoms. The second-order valence-electron chi connectivity index (χ2n) is 6.46. The standard InChI is InChI=1S/C19H19ClF3N3O4S/c1-13(27)25-15-6-8-16(9-7-15)31(29,30)26(10-14-4-2-3-5-17(14)20)11-18(28)24-12-19(21,22)23/h2-9H,10-12H2,1H3,(H,24,28)(H,25,27). The molecule has 0 fully saturated rings. The van der Waals surface area contributed by atoms with E-state index in [2.05, 4.69) is 5.32 Å². The topological polar surface area (TPSA) is 95.6 Å². The first-order chi connectivity index (χ1) is 14.4. The van der Waals surface area contributed by atoms with Gasteiger partial charge in [-0.15, -0.1) is 0 Å². The molecule has 0 atom stereocenters. The first-order valence-electron chi connectivity index (χ1n) is 8.83. The van der Waals surface area contributed by atoms with Crippen LogP contribution < -0.4 is 10.6 Å². The number of anilines is 1. The first-order valence-corrected chi connectivity index (χ1v) is 10.6. The highest BCUT2D eigenvalue weighted by atomic mass is 35.5. The van der Waals surface area contributed by atoms with E-state index in [-0.39, 0.29) is 22.4 Å². The lowest BCUT2D eigenvalue weighted by Crippen LogP contribution is -2.43. The zero-order valence-electron chi connectivity index (χ0n) is 16.2. The van der Waals surface area contributed by atoms with Gasteiger partial charge in [-0.2, -0.15) is 17.5 Å². The summed E-state index contributed by atoms with van der Waals surface area (Å²) in [4.78, 5) is 22.9. The Morgan fingerprint density at radius 2 is 1.68 bits per heavy atom. The van der Waals surface area contributed by atoms with E-state index in [1.54, 1.807) is 23.5 Å². The zero-order valence-corrected chi connectivity index (χ0v) is 17.8. The first kappa shape index (κ1) is 24.6. The van der Waals surface area contributed by atoms with Crippen LogP contribution in [0.4, 0.5) is 18.9 Å². The molecule has 0 aromatic heterocycles. The highest BCUT2D eigenvalue weighted by molar-refractivity contribution is 7.89. The molecule has 31 heavy (non-hydrogen) atoms. The Bertz CT molecular complexity index is 1040. The molecule has 0 bridgehead atoms. The molecule has 0 aliphatic heterocycles. The van der Waals surface area contributed by atoms with Crippen molar-refractivity contribution in [3.05, 3.63) is 59.1 Å². The second-order valence-corrected chi connectivity index (χ2v) is 8.81. The largest absolute Gasteiger partial charge is 0.405 e. The number of carbonyl (C=O) groups excluding carboxylic acids is 2. The van der Waals surface area contributed by atoms with Gasteiger partial charge in [-0.25, -0.2) is 8.42 Å². The van der Waals surface area contributed by atoms with E-state index >= 15 is 0 Å². The van der Waals surface area contributed by atoms with Crippen LogP contribution in [-0.4, -0.2) is 43.8 Å². The molecule has 2 aromatic carbocycles. The van der Waals surface area contributed by atoms with Gasteiger partial charge in [0.2, 0.25) is 21.8 Å². The molecule has 0 spiro atoms. The van der Waals surface area contributed by atoms with E-state index in [9.17, 15) is 31.2 Å². The van der Waals surface area contributed by atoms with Gasteiger partial charge in [-0.1, -0.05) is 29.8 Å². The lowest BCUT2D eigenvalue weighted by molar-refractivity contribution is -0.138. The van der Waals surface area contributed by atoms with Gasteiger partial charge in [0.05, 0.1) is 11.4 Å². The molecule has 0 radical (unpaired) electrons. The van der Waals surface area contributed by atoms with Crippen LogP contribution in [0.1, 0.15) is 12.5 Å². The predicted molar refractivity (Wildman–Crippen MR) is 109 cm³/mol.